The Labute approximate surface area is 161 Å². The van der Waals surface area contributed by atoms with Crippen LogP contribution in [0.3, 0.4) is 0 Å². The van der Waals surface area contributed by atoms with E-state index < -0.39 is 59.7 Å². The van der Waals surface area contributed by atoms with Crippen LogP contribution in [0.2, 0.25) is 0 Å². The van der Waals surface area contributed by atoms with Crippen LogP contribution in [0, 0.1) is 23.7 Å². The Bertz CT molecular complexity index is 740. The third-order valence-electron chi connectivity index (χ3n) is 4.99. The molecule has 10 nitrogen and oxygen atoms in total. The van der Waals surface area contributed by atoms with Crippen molar-refractivity contribution in [1.82, 2.24) is 10.4 Å². The first-order valence-electron chi connectivity index (χ1n) is 9.03. The number of nitrogens with zero attached hydrogens (tertiary/aromatic N) is 1. The van der Waals surface area contributed by atoms with E-state index in [9.17, 15) is 24.0 Å². The molecule has 3 aliphatic rings. The molecule has 2 fully saturated rings. The number of hydroxylamine groups is 2. The summed E-state index contributed by atoms with van der Waals surface area (Å²) in [6.07, 6.45) is 3.01. The summed E-state index contributed by atoms with van der Waals surface area (Å²) in [5.41, 5.74) is 4.28. The Balaban J connectivity index is 1.68. The number of carbonyl (C=O) groups is 5. The van der Waals surface area contributed by atoms with Gasteiger partial charge in [-0.3, -0.25) is 14.4 Å². The van der Waals surface area contributed by atoms with Crippen LogP contribution in [-0.4, -0.2) is 46.5 Å². The quantitative estimate of drug-likeness (QED) is 0.495. The van der Waals surface area contributed by atoms with Crippen molar-refractivity contribution in [2.24, 2.45) is 29.4 Å². The van der Waals surface area contributed by atoms with E-state index in [1.165, 1.54) is 0 Å². The van der Waals surface area contributed by atoms with E-state index in [0.29, 0.717) is 5.06 Å². The molecule has 10 heteroatoms. The van der Waals surface area contributed by atoms with Gasteiger partial charge >= 0.3 is 12.1 Å². The average molecular weight is 393 g/mol. The molecule has 5 atom stereocenters. The number of hydrogen-bond acceptors (Lipinski definition) is 7. The van der Waals surface area contributed by atoms with E-state index in [4.69, 9.17) is 15.3 Å². The summed E-state index contributed by atoms with van der Waals surface area (Å²) in [6, 6.07) is -1.50. The number of allylic oxidation sites excluding steroid dienone is 2. The summed E-state index contributed by atoms with van der Waals surface area (Å²) < 4.78 is 5.04. The first-order valence-corrected chi connectivity index (χ1v) is 9.03. The maximum Gasteiger partial charge on any atom is 0.408 e. The van der Waals surface area contributed by atoms with Crippen LogP contribution < -0.4 is 11.1 Å². The number of ether oxygens (including phenoxy) is 1. The predicted molar refractivity (Wildman–Crippen MR) is 92.6 cm³/mol. The van der Waals surface area contributed by atoms with Crippen LogP contribution >= 0.6 is 0 Å². The largest absolute Gasteiger partial charge is 0.444 e. The van der Waals surface area contributed by atoms with E-state index in [1.54, 1.807) is 20.8 Å². The molecule has 0 radical (unpaired) electrons. The number of amides is 4. The first kappa shape index (κ1) is 19.8. The van der Waals surface area contributed by atoms with E-state index in [0.717, 1.165) is 6.42 Å². The molecule has 3 N–H and O–H groups in total. The molecule has 28 heavy (non-hydrogen) atoms. The molecule has 3 rings (SSSR count). The molecule has 4 amide bonds. The van der Waals surface area contributed by atoms with Gasteiger partial charge in [0, 0.05) is 0 Å². The van der Waals surface area contributed by atoms with Gasteiger partial charge in [-0.25, -0.2) is 9.59 Å². The lowest BCUT2D eigenvalue weighted by Gasteiger charge is -2.23. The smallest absolute Gasteiger partial charge is 0.408 e. The fourth-order valence-corrected chi connectivity index (χ4v) is 3.96. The number of nitrogens with two attached hydrogens (primary N) is 1. The van der Waals surface area contributed by atoms with Gasteiger partial charge in [-0.2, -0.15) is 0 Å². The van der Waals surface area contributed by atoms with Crippen molar-refractivity contribution in [3.05, 3.63) is 12.2 Å². The first-order chi connectivity index (χ1) is 13.0. The van der Waals surface area contributed by atoms with Crippen LogP contribution in [-0.2, 0) is 28.8 Å². The van der Waals surface area contributed by atoms with Gasteiger partial charge in [0.25, 0.3) is 11.8 Å². The lowest BCUT2D eigenvalue weighted by Crippen LogP contribution is -2.48. The Morgan fingerprint density at radius 1 is 1.18 bits per heavy atom. The Morgan fingerprint density at radius 3 is 2.18 bits per heavy atom. The van der Waals surface area contributed by atoms with Gasteiger partial charge in [-0.15, -0.1) is 5.06 Å². The van der Waals surface area contributed by atoms with Gasteiger partial charge in [0.1, 0.15) is 11.6 Å². The third-order valence-corrected chi connectivity index (χ3v) is 4.99. The molecule has 0 spiro atoms. The molecule has 2 aliphatic carbocycles. The SMILES string of the molecule is CC(C)(C)OC(=O)N[C@@H](CC(N)=O)C(=O)ON1C(=O)[C@@H]2[C@H](C1=O)[C@H]1C=C[C@H]2C1. The van der Waals surface area contributed by atoms with Crippen molar-refractivity contribution < 1.29 is 33.5 Å². The summed E-state index contributed by atoms with van der Waals surface area (Å²) in [4.78, 5) is 65.8. The van der Waals surface area contributed by atoms with E-state index >= 15 is 0 Å². The van der Waals surface area contributed by atoms with Gasteiger partial charge in [-0.1, -0.05) is 12.2 Å². The number of hydrogen-bond donors (Lipinski definition) is 2. The lowest BCUT2D eigenvalue weighted by molar-refractivity contribution is -0.200. The number of fused-ring (bicyclic) bond motifs is 5. The second-order valence-electron chi connectivity index (χ2n) is 8.25. The van der Waals surface area contributed by atoms with Crippen LogP contribution in [0.15, 0.2) is 12.2 Å². The minimum Gasteiger partial charge on any atom is -0.444 e. The maximum atomic E-state index is 12.6. The number of rotatable bonds is 5. The number of alkyl carbamates (subject to hydrolysis) is 1. The Kier molecular flexibility index (Phi) is 4.90. The second-order valence-corrected chi connectivity index (χ2v) is 8.25. The van der Waals surface area contributed by atoms with Crippen molar-refractivity contribution in [2.75, 3.05) is 0 Å². The van der Waals surface area contributed by atoms with Crippen LogP contribution in [0.4, 0.5) is 4.79 Å². The van der Waals surface area contributed by atoms with Crippen LogP contribution in [0.1, 0.15) is 33.6 Å². The highest BCUT2D eigenvalue weighted by Crippen LogP contribution is 2.52. The van der Waals surface area contributed by atoms with Crippen LogP contribution in [0.25, 0.3) is 0 Å². The van der Waals surface area contributed by atoms with Gasteiger partial charge in [0.05, 0.1) is 18.3 Å². The van der Waals surface area contributed by atoms with Crippen molar-refractivity contribution in [3.63, 3.8) is 0 Å². The molecule has 1 saturated carbocycles. The fraction of sp³-hybridized carbons (Fsp3) is 0.611. The highest BCUT2D eigenvalue weighted by Gasteiger charge is 2.61. The fourth-order valence-electron chi connectivity index (χ4n) is 3.96. The van der Waals surface area contributed by atoms with Crippen molar-refractivity contribution >= 4 is 29.8 Å². The maximum absolute atomic E-state index is 12.6. The molecule has 2 bridgehead atoms. The molecule has 0 aromatic heterocycles. The average Bonchev–Trinajstić information content (AvgIpc) is 3.21. The summed E-state index contributed by atoms with van der Waals surface area (Å²) in [6.45, 7) is 4.87. The predicted octanol–water partition coefficient (Wildman–Crippen LogP) is 0.0204. The topological polar surface area (TPSA) is 145 Å². The van der Waals surface area contributed by atoms with E-state index in [2.05, 4.69) is 5.32 Å². The molecule has 1 heterocycles. The number of imide groups is 1. The minimum atomic E-state index is -1.50. The third kappa shape index (κ3) is 3.71. The molecular formula is C18H23N3O7. The zero-order chi connectivity index (χ0) is 20.8. The highest BCUT2D eigenvalue weighted by atomic mass is 16.7. The molecule has 1 aliphatic heterocycles. The number of carbonyl (C=O) groups excluding carboxylic acids is 5. The normalized spacial score (nSPS) is 28.9. The highest BCUT2D eigenvalue weighted by molar-refractivity contribution is 6.06. The summed E-state index contributed by atoms with van der Waals surface area (Å²) >= 11 is 0. The minimum absolute atomic E-state index is 0.0449. The van der Waals surface area contributed by atoms with Gasteiger partial charge in [0.2, 0.25) is 5.91 Å². The monoisotopic (exact) mass is 393 g/mol. The molecule has 0 unspecified atom stereocenters. The van der Waals surface area contributed by atoms with Crippen LogP contribution in [0.5, 0.6) is 0 Å². The van der Waals surface area contributed by atoms with Gasteiger partial charge < -0.3 is 20.6 Å². The van der Waals surface area contributed by atoms with E-state index in [-0.39, 0.29) is 11.8 Å². The summed E-state index contributed by atoms with van der Waals surface area (Å²) in [7, 11) is 0. The Hall–Kier alpha value is -2.91. The second kappa shape index (κ2) is 6.92. The van der Waals surface area contributed by atoms with Crippen molar-refractivity contribution in [2.45, 2.75) is 45.3 Å². The van der Waals surface area contributed by atoms with Crippen molar-refractivity contribution in [3.8, 4) is 0 Å². The standard InChI is InChI=1S/C18H23N3O7/c1-18(2,3)27-17(26)20-10(7-11(19)22)16(25)28-21-14(23)12-8-4-5-9(6-8)13(12)15(21)24/h4-5,8-10,12-13H,6-7H2,1-3H3,(H2,19,22)(H,20,26)/t8-,9-,10-,12-,13+/m0/s1. The number of nitrogens with one attached hydrogen (secondary N) is 1. The number of primary amides is 1. The molecular weight excluding hydrogens is 370 g/mol. The zero-order valence-corrected chi connectivity index (χ0v) is 15.8. The Morgan fingerprint density at radius 2 is 1.71 bits per heavy atom. The van der Waals surface area contributed by atoms with Crippen molar-refractivity contribution in [1.29, 1.82) is 0 Å². The summed E-state index contributed by atoms with van der Waals surface area (Å²) in [5.74, 6) is -4.37. The van der Waals surface area contributed by atoms with Gasteiger partial charge in [-0.05, 0) is 39.0 Å². The molecule has 0 aromatic carbocycles. The zero-order valence-electron chi connectivity index (χ0n) is 15.8. The van der Waals surface area contributed by atoms with Gasteiger partial charge in [0.15, 0.2) is 0 Å². The molecule has 152 valence electrons. The lowest BCUT2D eigenvalue weighted by atomic mass is 9.85. The summed E-state index contributed by atoms with van der Waals surface area (Å²) in [5, 5.41) is 2.64. The molecule has 1 saturated heterocycles. The molecule has 0 aromatic rings. The van der Waals surface area contributed by atoms with E-state index in [1.807, 2.05) is 12.2 Å².